The van der Waals surface area contributed by atoms with E-state index in [4.69, 9.17) is 5.41 Å². The molecule has 4 rings (SSSR count). The van der Waals surface area contributed by atoms with Gasteiger partial charge in [-0.25, -0.2) is 4.99 Å². The smallest absolute Gasteiger partial charge is 0.406 e. The standard InChI is InChI=1S/C26H23F3N6OS/c1-17-4-3-5-18(2)23(17)35-16-37-25(35)34-33-14-19-6-8-20(9-7-19)24(30)32-15-31-21-10-12-22(13-11-21)36-26(27,28)29/h3-15H,16H2,1-2H3,(H2,30,31,32)/b33-14+,34-25-. The van der Waals surface area contributed by atoms with Gasteiger partial charge in [-0.05, 0) is 54.8 Å². The van der Waals surface area contributed by atoms with Gasteiger partial charge in [-0.1, -0.05) is 54.2 Å². The van der Waals surface area contributed by atoms with Crippen LogP contribution in [-0.2, 0) is 0 Å². The van der Waals surface area contributed by atoms with Crippen LogP contribution >= 0.6 is 11.8 Å². The number of benzene rings is 3. The van der Waals surface area contributed by atoms with E-state index in [2.05, 4.69) is 56.1 Å². The zero-order valence-electron chi connectivity index (χ0n) is 20.0. The van der Waals surface area contributed by atoms with Gasteiger partial charge in [0.05, 0.1) is 18.4 Å². The van der Waals surface area contributed by atoms with Gasteiger partial charge < -0.3 is 15.0 Å². The average Bonchev–Trinajstić information content (AvgIpc) is 2.84. The number of alkyl halides is 3. The van der Waals surface area contributed by atoms with Crippen molar-refractivity contribution in [3.63, 3.8) is 0 Å². The fourth-order valence-corrected chi connectivity index (χ4v) is 4.23. The number of aliphatic imine (C=N–C) groups is 1. The summed E-state index contributed by atoms with van der Waals surface area (Å²) in [7, 11) is 0. The highest BCUT2D eigenvalue weighted by Crippen LogP contribution is 2.34. The first-order chi connectivity index (χ1) is 17.7. The molecule has 1 aliphatic rings. The van der Waals surface area contributed by atoms with Crippen molar-refractivity contribution in [3.05, 3.63) is 89.0 Å². The second kappa shape index (κ2) is 11.3. The van der Waals surface area contributed by atoms with Crippen LogP contribution in [0.4, 0.5) is 24.5 Å². The number of hydrogen-bond acceptors (Lipinski definition) is 5. The molecule has 3 aromatic rings. The molecule has 1 heterocycles. The lowest BCUT2D eigenvalue weighted by atomic mass is 10.1. The summed E-state index contributed by atoms with van der Waals surface area (Å²) < 4.78 is 40.5. The van der Waals surface area contributed by atoms with Crippen LogP contribution in [0.3, 0.4) is 0 Å². The third-order valence-electron chi connectivity index (χ3n) is 5.31. The Hall–Kier alpha value is -4.12. The molecule has 0 spiro atoms. The van der Waals surface area contributed by atoms with Crippen molar-refractivity contribution < 1.29 is 17.9 Å². The molecule has 1 aliphatic heterocycles. The van der Waals surface area contributed by atoms with Gasteiger partial charge in [-0.3, -0.25) is 5.41 Å². The van der Waals surface area contributed by atoms with Gasteiger partial charge in [0.1, 0.15) is 5.75 Å². The van der Waals surface area contributed by atoms with Crippen molar-refractivity contribution in [1.82, 2.24) is 0 Å². The highest BCUT2D eigenvalue weighted by Gasteiger charge is 2.31. The second-order valence-electron chi connectivity index (χ2n) is 8.01. The first-order valence-corrected chi connectivity index (χ1v) is 12.1. The minimum atomic E-state index is -4.74. The summed E-state index contributed by atoms with van der Waals surface area (Å²) in [6.07, 6.45) is -1.79. The molecule has 0 radical (unpaired) electrons. The van der Waals surface area contributed by atoms with Crippen LogP contribution in [0.5, 0.6) is 5.75 Å². The van der Waals surface area contributed by atoms with E-state index in [1.54, 1.807) is 30.1 Å². The minimum Gasteiger partial charge on any atom is -0.406 e. The lowest BCUT2D eigenvalue weighted by Crippen LogP contribution is -2.39. The normalized spacial score (nSPS) is 14.8. The predicted molar refractivity (Wildman–Crippen MR) is 144 cm³/mol. The maximum Gasteiger partial charge on any atom is 0.573 e. The molecule has 7 nitrogen and oxygen atoms in total. The van der Waals surface area contributed by atoms with Crippen LogP contribution in [-0.4, -0.2) is 35.8 Å². The predicted octanol–water partition coefficient (Wildman–Crippen LogP) is 6.57. The summed E-state index contributed by atoms with van der Waals surface area (Å²) in [4.78, 5) is 6.18. The molecule has 1 fully saturated rings. The molecule has 3 aromatic carbocycles. The Morgan fingerprint density at radius 1 is 1.03 bits per heavy atom. The van der Waals surface area contributed by atoms with Crippen molar-refractivity contribution >= 4 is 46.7 Å². The van der Waals surface area contributed by atoms with E-state index in [1.807, 2.05) is 18.2 Å². The molecule has 37 heavy (non-hydrogen) atoms. The summed E-state index contributed by atoms with van der Waals surface area (Å²) in [6.45, 7) is 4.17. The number of para-hydroxylation sites is 1. The first-order valence-electron chi connectivity index (χ1n) is 11.1. The Morgan fingerprint density at radius 3 is 2.30 bits per heavy atom. The van der Waals surface area contributed by atoms with E-state index < -0.39 is 6.36 Å². The number of nitrogens with one attached hydrogen (secondary N) is 2. The van der Waals surface area contributed by atoms with Crippen LogP contribution in [0.2, 0.25) is 0 Å². The van der Waals surface area contributed by atoms with Crippen LogP contribution in [0.25, 0.3) is 0 Å². The monoisotopic (exact) mass is 524 g/mol. The summed E-state index contributed by atoms with van der Waals surface area (Å²) in [6, 6.07) is 18.5. The molecule has 0 aromatic heterocycles. The summed E-state index contributed by atoms with van der Waals surface area (Å²) >= 11 is 1.64. The van der Waals surface area contributed by atoms with Gasteiger partial charge >= 0.3 is 6.36 Å². The quantitative estimate of drug-likeness (QED) is 0.208. The highest BCUT2D eigenvalue weighted by atomic mass is 32.2. The zero-order chi connectivity index (χ0) is 26.4. The molecule has 0 aliphatic carbocycles. The first kappa shape index (κ1) is 26.0. The third kappa shape index (κ3) is 6.98. The van der Waals surface area contributed by atoms with Crippen LogP contribution in [0, 0.1) is 19.3 Å². The average molecular weight is 525 g/mol. The number of amidine groups is 2. The van der Waals surface area contributed by atoms with Gasteiger partial charge in [0.15, 0.2) is 11.0 Å². The van der Waals surface area contributed by atoms with Crippen LogP contribution in [0.15, 0.2) is 81.9 Å². The fraction of sp³-hybridized carbons (Fsp3) is 0.154. The van der Waals surface area contributed by atoms with E-state index in [0.717, 1.165) is 16.6 Å². The van der Waals surface area contributed by atoms with Gasteiger partial charge in [0.2, 0.25) is 0 Å². The summed E-state index contributed by atoms with van der Waals surface area (Å²) in [5.74, 6) is 0.538. The van der Waals surface area contributed by atoms with E-state index in [0.29, 0.717) is 11.3 Å². The lowest BCUT2D eigenvalue weighted by Gasteiger charge is -2.35. The molecule has 11 heteroatoms. The molecule has 2 N–H and O–H groups in total. The van der Waals surface area contributed by atoms with Crippen molar-refractivity contribution in [3.8, 4) is 5.75 Å². The Kier molecular flexibility index (Phi) is 7.92. The Balaban J connectivity index is 1.30. The zero-order valence-corrected chi connectivity index (χ0v) is 20.8. The van der Waals surface area contributed by atoms with Gasteiger partial charge in [-0.2, -0.15) is 5.10 Å². The topological polar surface area (TPSA) is 85.4 Å². The molecule has 190 valence electrons. The molecular formula is C26H23F3N6OS. The number of thioether (sulfide) groups is 1. The Morgan fingerprint density at radius 2 is 1.70 bits per heavy atom. The number of anilines is 2. The molecule has 0 saturated carbocycles. The summed E-state index contributed by atoms with van der Waals surface area (Å²) in [5.41, 5.74) is 5.47. The number of nitrogens with zero attached hydrogens (tertiary/aromatic N) is 4. The number of halogens is 3. The number of aryl methyl sites for hydroxylation is 2. The highest BCUT2D eigenvalue weighted by molar-refractivity contribution is 8.16. The minimum absolute atomic E-state index is 0.0170. The maximum atomic E-state index is 12.2. The number of hydrogen-bond donors (Lipinski definition) is 2. The van der Waals surface area contributed by atoms with Gasteiger partial charge in [0, 0.05) is 16.9 Å². The second-order valence-corrected chi connectivity index (χ2v) is 8.93. The largest absolute Gasteiger partial charge is 0.573 e. The molecule has 1 saturated heterocycles. The van der Waals surface area contributed by atoms with Crippen molar-refractivity contribution in [2.45, 2.75) is 20.2 Å². The SMILES string of the molecule is Cc1cccc(C)c1N1CS/C1=N\N=C\c1ccc(C(=N)/N=C\Nc2ccc(OC(F)(F)F)cc2)cc1. The van der Waals surface area contributed by atoms with Gasteiger partial charge in [-0.15, -0.1) is 18.3 Å². The van der Waals surface area contributed by atoms with E-state index in [1.165, 1.54) is 47.4 Å². The van der Waals surface area contributed by atoms with Crippen molar-refractivity contribution in [1.29, 1.82) is 5.41 Å². The fourth-order valence-electron chi connectivity index (χ4n) is 3.53. The number of rotatable bonds is 7. The number of ether oxygens (including phenoxy) is 1. The van der Waals surface area contributed by atoms with Crippen LogP contribution in [0.1, 0.15) is 22.3 Å². The van der Waals surface area contributed by atoms with Crippen LogP contribution < -0.4 is 15.0 Å². The third-order valence-corrected chi connectivity index (χ3v) is 6.26. The Labute approximate surface area is 216 Å². The van der Waals surface area contributed by atoms with Crippen molar-refractivity contribution in [2.75, 3.05) is 16.1 Å². The molecule has 0 amide bonds. The Bertz CT molecular complexity index is 1330. The van der Waals surface area contributed by atoms with Gasteiger partial charge in [0.25, 0.3) is 0 Å². The van der Waals surface area contributed by atoms with E-state index >= 15 is 0 Å². The van der Waals surface area contributed by atoms with E-state index in [9.17, 15) is 13.2 Å². The molecule has 0 atom stereocenters. The molecule has 0 bridgehead atoms. The molecular weight excluding hydrogens is 501 g/mol. The lowest BCUT2D eigenvalue weighted by molar-refractivity contribution is -0.274. The summed E-state index contributed by atoms with van der Waals surface area (Å²) in [5, 5.41) is 20.3. The van der Waals surface area contributed by atoms with E-state index in [-0.39, 0.29) is 11.6 Å². The van der Waals surface area contributed by atoms with Crippen molar-refractivity contribution in [2.24, 2.45) is 15.2 Å². The molecule has 0 unspecified atom stereocenters. The maximum absolute atomic E-state index is 12.2.